The zero-order valence-corrected chi connectivity index (χ0v) is 26.7. The van der Waals surface area contributed by atoms with Gasteiger partial charge >= 0.3 is 0 Å². The van der Waals surface area contributed by atoms with E-state index in [-0.39, 0.29) is 0 Å². The third-order valence-corrected chi connectivity index (χ3v) is 9.62. The highest BCUT2D eigenvalue weighted by Crippen LogP contribution is 2.42. The first-order valence-corrected chi connectivity index (χ1v) is 16.3. The number of aromatic nitrogens is 2. The lowest BCUT2D eigenvalue weighted by atomic mass is 9.92. The van der Waals surface area contributed by atoms with Gasteiger partial charge < -0.3 is 9.13 Å². The average Bonchev–Trinajstić information content (AvgIpc) is 3.70. The lowest BCUT2D eigenvalue weighted by molar-refractivity contribution is 1.17. The van der Waals surface area contributed by atoms with Crippen LogP contribution in [0.4, 0.5) is 0 Å². The van der Waals surface area contributed by atoms with Crippen LogP contribution in [-0.4, -0.2) is 9.13 Å². The highest BCUT2D eigenvalue weighted by Gasteiger charge is 2.21. The maximum Gasteiger partial charge on any atom is 0.101 e. The molecule has 9 aromatic rings. The van der Waals surface area contributed by atoms with Crippen LogP contribution in [0.2, 0.25) is 0 Å². The molecule has 0 N–H and O–H groups in total. The van der Waals surface area contributed by atoms with E-state index in [1.54, 1.807) is 6.07 Å². The number of benzene rings is 7. The largest absolute Gasteiger partial charge is 0.309 e. The first kappa shape index (κ1) is 28.8. The second kappa shape index (κ2) is 11.4. The lowest BCUT2D eigenvalue weighted by Gasteiger charge is -2.18. The molecule has 0 bridgehead atoms. The summed E-state index contributed by atoms with van der Waals surface area (Å²) in [6, 6.07) is 57.9. The fourth-order valence-corrected chi connectivity index (χ4v) is 7.48. The molecule has 9 rings (SSSR count). The van der Waals surface area contributed by atoms with Crippen LogP contribution < -0.4 is 0 Å². The summed E-state index contributed by atoms with van der Waals surface area (Å²) < 4.78 is 4.42. The normalized spacial score (nSPS) is 11.1. The molecule has 0 unspecified atom stereocenters. The second-order valence-corrected chi connectivity index (χ2v) is 12.3. The topological polar surface area (TPSA) is 81.2 Å². The van der Waals surface area contributed by atoms with Crippen LogP contribution in [0, 0.1) is 34.0 Å². The van der Waals surface area contributed by atoms with Crippen molar-refractivity contribution < 1.29 is 0 Å². The van der Waals surface area contributed by atoms with E-state index >= 15 is 0 Å². The molecule has 0 saturated carbocycles. The second-order valence-electron chi connectivity index (χ2n) is 12.3. The minimum atomic E-state index is 0.527. The Morgan fingerprint density at radius 2 is 1.02 bits per heavy atom. The maximum atomic E-state index is 10.3. The van der Waals surface area contributed by atoms with E-state index in [4.69, 9.17) is 0 Å². The van der Waals surface area contributed by atoms with E-state index in [0.29, 0.717) is 16.7 Å². The summed E-state index contributed by atoms with van der Waals surface area (Å²) >= 11 is 0. The molecule has 0 aliphatic carbocycles. The molecule has 0 fully saturated rings. The molecule has 2 heterocycles. The summed E-state index contributed by atoms with van der Waals surface area (Å²) in [5.74, 6) is 0. The van der Waals surface area contributed by atoms with Crippen LogP contribution in [0.15, 0.2) is 152 Å². The Kier molecular flexibility index (Phi) is 6.56. The van der Waals surface area contributed by atoms with Gasteiger partial charge in [0.25, 0.3) is 0 Å². The highest BCUT2D eigenvalue weighted by atomic mass is 15.0. The van der Waals surface area contributed by atoms with Crippen molar-refractivity contribution in [2.75, 3.05) is 0 Å². The van der Waals surface area contributed by atoms with Crippen molar-refractivity contribution in [3.05, 3.63) is 168 Å². The Bertz CT molecular complexity index is 2920. The maximum absolute atomic E-state index is 10.3. The van der Waals surface area contributed by atoms with Gasteiger partial charge in [-0.3, -0.25) is 0 Å². The Morgan fingerprint density at radius 1 is 0.400 bits per heavy atom. The SMILES string of the molecule is N#Cc1ccc(-n2c3ccc(C#N)cc3c3cccc(C#N)c32)c(-c2ccccc2-c2cccc(-n3c4ccccc4c4ccccc43)c2)c1. The Labute approximate surface area is 287 Å². The van der Waals surface area contributed by atoms with Gasteiger partial charge in [-0.15, -0.1) is 0 Å². The third-order valence-electron chi connectivity index (χ3n) is 9.62. The predicted octanol–water partition coefficient (Wildman–Crippen LogP) is 10.8. The van der Waals surface area contributed by atoms with Crippen molar-refractivity contribution in [2.24, 2.45) is 0 Å². The summed E-state index contributed by atoms with van der Waals surface area (Å²) in [4.78, 5) is 0. The summed E-state index contributed by atoms with van der Waals surface area (Å²) in [6.07, 6.45) is 0. The van der Waals surface area contributed by atoms with Gasteiger partial charge in [-0.25, -0.2) is 0 Å². The summed E-state index contributed by atoms with van der Waals surface area (Å²) in [7, 11) is 0. The average molecular weight is 636 g/mol. The van der Waals surface area contributed by atoms with Gasteiger partial charge in [-0.1, -0.05) is 84.9 Å². The zero-order valence-electron chi connectivity index (χ0n) is 26.7. The first-order chi connectivity index (χ1) is 24.7. The standard InChI is InChI=1S/C45H25N5/c46-26-29-19-21-43(50-44-22-20-30(27-47)24-40(44)38-16-8-10-32(28-48)45(38)50)39(23-29)35-13-2-1-12-34(35)31-9-7-11-33(25-31)49-41-17-5-3-14-36(41)37-15-4-6-18-42(37)49/h1-25H. The van der Waals surface area contributed by atoms with Gasteiger partial charge in [0.1, 0.15) is 6.07 Å². The van der Waals surface area contributed by atoms with Gasteiger partial charge in [0.2, 0.25) is 0 Å². The quantitative estimate of drug-likeness (QED) is 0.193. The van der Waals surface area contributed by atoms with Gasteiger partial charge in [0.05, 0.1) is 56.6 Å². The van der Waals surface area contributed by atoms with Crippen molar-refractivity contribution in [3.63, 3.8) is 0 Å². The van der Waals surface area contributed by atoms with Crippen molar-refractivity contribution in [1.29, 1.82) is 15.8 Å². The summed E-state index contributed by atoms with van der Waals surface area (Å²) in [5.41, 5.74) is 11.3. The van der Waals surface area contributed by atoms with Gasteiger partial charge in [0.15, 0.2) is 0 Å². The lowest BCUT2D eigenvalue weighted by Crippen LogP contribution is -2.00. The molecule has 2 aromatic heterocycles. The number of nitrogens with zero attached hydrogens (tertiary/aromatic N) is 5. The smallest absolute Gasteiger partial charge is 0.101 e. The number of hydrogen-bond donors (Lipinski definition) is 0. The predicted molar refractivity (Wildman–Crippen MR) is 200 cm³/mol. The van der Waals surface area contributed by atoms with Crippen molar-refractivity contribution >= 4 is 43.6 Å². The van der Waals surface area contributed by atoms with Crippen LogP contribution in [0.1, 0.15) is 16.7 Å². The Balaban J connectivity index is 1.31. The van der Waals surface area contributed by atoms with Crippen molar-refractivity contribution in [2.45, 2.75) is 0 Å². The van der Waals surface area contributed by atoms with E-state index in [1.165, 1.54) is 10.8 Å². The fourth-order valence-electron chi connectivity index (χ4n) is 7.48. The Morgan fingerprint density at radius 3 is 1.76 bits per heavy atom. The van der Waals surface area contributed by atoms with Crippen molar-refractivity contribution in [1.82, 2.24) is 9.13 Å². The molecule has 0 aliphatic rings. The molecule has 50 heavy (non-hydrogen) atoms. The van der Waals surface area contributed by atoms with Crippen LogP contribution >= 0.6 is 0 Å². The van der Waals surface area contributed by atoms with Gasteiger partial charge in [-0.05, 0) is 83.4 Å². The molecule has 0 amide bonds. The van der Waals surface area contributed by atoms with Gasteiger partial charge in [0, 0.05) is 32.8 Å². The van der Waals surface area contributed by atoms with Crippen LogP contribution in [0.5, 0.6) is 0 Å². The molecular weight excluding hydrogens is 611 g/mol. The van der Waals surface area contributed by atoms with Crippen molar-refractivity contribution in [3.8, 4) is 51.8 Å². The van der Waals surface area contributed by atoms with Crippen LogP contribution in [-0.2, 0) is 0 Å². The van der Waals surface area contributed by atoms with E-state index in [9.17, 15) is 15.8 Å². The van der Waals surface area contributed by atoms with E-state index in [2.05, 4.69) is 112 Å². The number of para-hydroxylation sites is 3. The molecule has 230 valence electrons. The minimum absolute atomic E-state index is 0.527. The molecule has 0 saturated heterocycles. The molecule has 7 aromatic carbocycles. The number of hydrogen-bond acceptors (Lipinski definition) is 3. The molecule has 0 aliphatic heterocycles. The summed E-state index contributed by atoms with van der Waals surface area (Å²) in [5, 5.41) is 34.3. The van der Waals surface area contributed by atoms with E-state index in [0.717, 1.165) is 66.5 Å². The fraction of sp³-hybridized carbons (Fsp3) is 0. The molecular formula is C45H25N5. The molecule has 0 radical (unpaired) electrons. The first-order valence-electron chi connectivity index (χ1n) is 16.3. The van der Waals surface area contributed by atoms with Crippen LogP contribution in [0.3, 0.4) is 0 Å². The number of nitriles is 3. The van der Waals surface area contributed by atoms with E-state index < -0.39 is 0 Å². The highest BCUT2D eigenvalue weighted by molar-refractivity contribution is 6.12. The monoisotopic (exact) mass is 635 g/mol. The zero-order chi connectivity index (χ0) is 33.8. The van der Waals surface area contributed by atoms with Gasteiger partial charge in [-0.2, -0.15) is 15.8 Å². The Hall–Kier alpha value is -7.39. The molecule has 5 nitrogen and oxygen atoms in total. The molecule has 5 heteroatoms. The van der Waals surface area contributed by atoms with Crippen LogP contribution in [0.25, 0.3) is 77.2 Å². The number of rotatable bonds is 4. The third kappa shape index (κ3) is 4.31. The minimum Gasteiger partial charge on any atom is -0.309 e. The molecule has 0 atom stereocenters. The summed E-state index contributed by atoms with van der Waals surface area (Å²) in [6.45, 7) is 0. The number of fused-ring (bicyclic) bond motifs is 6. The van der Waals surface area contributed by atoms with E-state index in [1.807, 2.05) is 60.7 Å². The molecule has 0 spiro atoms.